The first kappa shape index (κ1) is 19.7. The molecule has 0 aromatic heterocycles. The van der Waals surface area contributed by atoms with E-state index < -0.39 is 11.4 Å². The van der Waals surface area contributed by atoms with Crippen molar-refractivity contribution < 1.29 is 28.4 Å². The fraction of sp³-hybridized carbons (Fsp3) is 0.647. The van der Waals surface area contributed by atoms with Crippen molar-refractivity contribution in [3.63, 3.8) is 0 Å². The Morgan fingerprint density at radius 1 is 1.04 bits per heavy atom. The third kappa shape index (κ3) is 8.16. The quantitative estimate of drug-likeness (QED) is 0.597. The van der Waals surface area contributed by atoms with E-state index in [-0.39, 0.29) is 12.4 Å². The SMILES string of the molecule is CCC(C)(C)Oc1ccc(OCCOCCOCCO)cc1F. The maximum atomic E-state index is 14.0. The lowest BCUT2D eigenvalue weighted by molar-refractivity contribution is 0.0246. The van der Waals surface area contributed by atoms with Gasteiger partial charge in [-0.15, -0.1) is 0 Å². The van der Waals surface area contributed by atoms with Crippen LogP contribution in [0.5, 0.6) is 11.5 Å². The van der Waals surface area contributed by atoms with Gasteiger partial charge < -0.3 is 24.1 Å². The van der Waals surface area contributed by atoms with Crippen LogP contribution in [0, 0.1) is 5.82 Å². The third-order valence-corrected chi connectivity index (χ3v) is 3.25. The summed E-state index contributed by atoms with van der Waals surface area (Å²) in [6.45, 7) is 7.68. The van der Waals surface area contributed by atoms with Crippen molar-refractivity contribution in [3.8, 4) is 11.5 Å². The van der Waals surface area contributed by atoms with E-state index in [1.807, 2.05) is 20.8 Å². The Bertz CT molecular complexity index is 451. The Labute approximate surface area is 137 Å². The molecular weight excluding hydrogens is 303 g/mol. The van der Waals surface area contributed by atoms with Gasteiger partial charge in [0.05, 0.1) is 33.0 Å². The molecule has 1 aromatic carbocycles. The molecule has 0 radical (unpaired) electrons. The maximum Gasteiger partial charge on any atom is 0.168 e. The average Bonchev–Trinajstić information content (AvgIpc) is 2.52. The number of benzene rings is 1. The molecule has 0 aliphatic rings. The molecule has 0 aliphatic heterocycles. The Morgan fingerprint density at radius 2 is 1.70 bits per heavy atom. The summed E-state index contributed by atoms with van der Waals surface area (Å²) in [5, 5.41) is 8.53. The molecule has 0 unspecified atom stereocenters. The van der Waals surface area contributed by atoms with Gasteiger partial charge in [-0.3, -0.25) is 0 Å². The minimum absolute atomic E-state index is 0.00379. The molecule has 0 bridgehead atoms. The first-order valence-electron chi connectivity index (χ1n) is 7.86. The summed E-state index contributed by atoms with van der Waals surface area (Å²) in [6.07, 6.45) is 0.782. The van der Waals surface area contributed by atoms with E-state index in [1.54, 1.807) is 12.1 Å². The lowest BCUT2D eigenvalue weighted by Crippen LogP contribution is -2.27. The summed E-state index contributed by atoms with van der Waals surface area (Å²) in [4.78, 5) is 0. The zero-order valence-electron chi connectivity index (χ0n) is 14.1. The van der Waals surface area contributed by atoms with Crippen molar-refractivity contribution in [3.05, 3.63) is 24.0 Å². The highest BCUT2D eigenvalue weighted by molar-refractivity contribution is 5.33. The number of aliphatic hydroxyl groups excluding tert-OH is 1. The number of rotatable bonds is 12. The highest BCUT2D eigenvalue weighted by Gasteiger charge is 2.19. The van der Waals surface area contributed by atoms with Gasteiger partial charge in [0, 0.05) is 6.07 Å². The van der Waals surface area contributed by atoms with Crippen molar-refractivity contribution in [2.75, 3.05) is 39.6 Å². The first-order chi connectivity index (χ1) is 11.0. The van der Waals surface area contributed by atoms with E-state index in [0.29, 0.717) is 38.8 Å². The molecule has 0 amide bonds. The highest BCUT2D eigenvalue weighted by Crippen LogP contribution is 2.27. The van der Waals surface area contributed by atoms with Crippen molar-refractivity contribution in [1.82, 2.24) is 0 Å². The van der Waals surface area contributed by atoms with Crippen LogP contribution in [0.3, 0.4) is 0 Å². The van der Waals surface area contributed by atoms with Crippen LogP contribution in [0.4, 0.5) is 4.39 Å². The van der Waals surface area contributed by atoms with E-state index >= 15 is 0 Å². The standard InChI is InChI=1S/C17H27FO5/c1-4-17(2,3)23-16-6-5-14(13-15(16)18)22-12-11-21-10-9-20-8-7-19/h5-6,13,19H,4,7-12H2,1-3H3. The fourth-order valence-corrected chi connectivity index (χ4v) is 1.63. The molecule has 23 heavy (non-hydrogen) atoms. The zero-order chi connectivity index (χ0) is 17.1. The second kappa shape index (κ2) is 10.4. The van der Waals surface area contributed by atoms with Crippen molar-refractivity contribution in [2.24, 2.45) is 0 Å². The van der Waals surface area contributed by atoms with Crippen LogP contribution < -0.4 is 9.47 Å². The van der Waals surface area contributed by atoms with Crippen LogP contribution in [0.1, 0.15) is 27.2 Å². The summed E-state index contributed by atoms with van der Waals surface area (Å²) in [5.74, 6) is 0.216. The second-order valence-corrected chi connectivity index (χ2v) is 5.60. The van der Waals surface area contributed by atoms with E-state index in [2.05, 4.69) is 0 Å². The molecule has 0 saturated carbocycles. The van der Waals surface area contributed by atoms with Gasteiger partial charge in [0.15, 0.2) is 11.6 Å². The van der Waals surface area contributed by atoms with E-state index in [0.717, 1.165) is 6.42 Å². The van der Waals surface area contributed by atoms with Gasteiger partial charge >= 0.3 is 0 Å². The van der Waals surface area contributed by atoms with Gasteiger partial charge in [-0.05, 0) is 32.4 Å². The molecule has 6 heteroatoms. The average molecular weight is 330 g/mol. The van der Waals surface area contributed by atoms with Crippen LogP contribution in [0.25, 0.3) is 0 Å². The summed E-state index contributed by atoms with van der Waals surface area (Å²) in [5.41, 5.74) is -0.408. The summed E-state index contributed by atoms with van der Waals surface area (Å²) >= 11 is 0. The van der Waals surface area contributed by atoms with Gasteiger partial charge in [-0.1, -0.05) is 6.92 Å². The number of halogens is 1. The molecule has 5 nitrogen and oxygen atoms in total. The Hall–Kier alpha value is -1.37. The van der Waals surface area contributed by atoms with Crippen LogP contribution >= 0.6 is 0 Å². The summed E-state index contributed by atoms with van der Waals surface area (Å²) in [7, 11) is 0. The molecule has 0 saturated heterocycles. The smallest absolute Gasteiger partial charge is 0.168 e. The van der Waals surface area contributed by atoms with Crippen molar-refractivity contribution >= 4 is 0 Å². The predicted octanol–water partition coefficient (Wildman–Crippen LogP) is 2.80. The van der Waals surface area contributed by atoms with Gasteiger partial charge in [-0.25, -0.2) is 4.39 Å². The van der Waals surface area contributed by atoms with Gasteiger partial charge in [0.25, 0.3) is 0 Å². The van der Waals surface area contributed by atoms with Gasteiger partial charge in [0.1, 0.15) is 18.0 Å². The molecule has 1 N–H and O–H groups in total. The fourth-order valence-electron chi connectivity index (χ4n) is 1.63. The number of hydrogen-bond donors (Lipinski definition) is 1. The maximum absolute atomic E-state index is 14.0. The topological polar surface area (TPSA) is 57.2 Å². The summed E-state index contributed by atoms with van der Waals surface area (Å²) < 4.78 is 35.4. The Kier molecular flexibility index (Phi) is 8.91. The lowest BCUT2D eigenvalue weighted by Gasteiger charge is -2.25. The zero-order valence-corrected chi connectivity index (χ0v) is 14.1. The molecule has 1 aromatic rings. The molecule has 0 aliphatic carbocycles. The molecule has 0 heterocycles. The van der Waals surface area contributed by atoms with Crippen LogP contribution in [0.15, 0.2) is 18.2 Å². The van der Waals surface area contributed by atoms with E-state index in [1.165, 1.54) is 6.07 Å². The van der Waals surface area contributed by atoms with E-state index in [9.17, 15) is 4.39 Å². The Balaban J connectivity index is 2.29. The van der Waals surface area contributed by atoms with Crippen molar-refractivity contribution in [2.45, 2.75) is 32.8 Å². The van der Waals surface area contributed by atoms with Gasteiger partial charge in [-0.2, -0.15) is 0 Å². The van der Waals surface area contributed by atoms with Crippen LogP contribution in [-0.4, -0.2) is 50.3 Å². The first-order valence-corrected chi connectivity index (χ1v) is 7.86. The van der Waals surface area contributed by atoms with Crippen molar-refractivity contribution in [1.29, 1.82) is 0 Å². The lowest BCUT2D eigenvalue weighted by atomic mass is 10.1. The van der Waals surface area contributed by atoms with E-state index in [4.69, 9.17) is 24.1 Å². The highest BCUT2D eigenvalue weighted by atomic mass is 19.1. The number of aliphatic hydroxyl groups is 1. The largest absolute Gasteiger partial charge is 0.491 e. The molecule has 132 valence electrons. The second-order valence-electron chi connectivity index (χ2n) is 5.60. The normalized spacial score (nSPS) is 11.5. The third-order valence-electron chi connectivity index (χ3n) is 3.25. The number of hydrogen-bond acceptors (Lipinski definition) is 5. The minimum atomic E-state index is -0.442. The van der Waals surface area contributed by atoms with Crippen LogP contribution in [0.2, 0.25) is 0 Å². The molecule has 1 rings (SSSR count). The molecule has 0 spiro atoms. The molecule has 0 fully saturated rings. The monoisotopic (exact) mass is 330 g/mol. The summed E-state index contributed by atoms with van der Waals surface area (Å²) in [6, 6.07) is 4.56. The molecule has 0 atom stereocenters. The van der Waals surface area contributed by atoms with Crippen LogP contribution in [-0.2, 0) is 9.47 Å². The predicted molar refractivity (Wildman–Crippen MR) is 85.6 cm³/mol. The number of ether oxygens (including phenoxy) is 4. The Morgan fingerprint density at radius 3 is 2.30 bits per heavy atom. The minimum Gasteiger partial charge on any atom is -0.491 e. The molecular formula is C17H27FO5. The van der Waals surface area contributed by atoms with Gasteiger partial charge in [0.2, 0.25) is 0 Å².